The average molecular weight is 331 g/mol. The van der Waals surface area contributed by atoms with Gasteiger partial charge in [0.25, 0.3) is 0 Å². The van der Waals surface area contributed by atoms with Crippen molar-refractivity contribution < 1.29 is 22.7 Å². The number of hydrazone groups is 1. The Bertz CT molecular complexity index is 545. The molecular weight excluding hydrogens is 311 g/mol. The van der Waals surface area contributed by atoms with Gasteiger partial charge in [-0.3, -0.25) is 4.79 Å². The number of benzene rings is 1. The van der Waals surface area contributed by atoms with Gasteiger partial charge in [0, 0.05) is 24.9 Å². The summed E-state index contributed by atoms with van der Waals surface area (Å²) in [5, 5.41) is 6.52. The van der Waals surface area contributed by atoms with E-state index in [1.54, 1.807) is 0 Å². The SMILES string of the molecule is CCCCNc1ccc(/C(COC)=N/NC=O)cc1C(F)(F)F. The van der Waals surface area contributed by atoms with Crippen LogP contribution in [0.25, 0.3) is 0 Å². The van der Waals surface area contributed by atoms with Gasteiger partial charge in [-0.25, -0.2) is 5.43 Å². The fraction of sp³-hybridized carbons (Fsp3) is 0.467. The van der Waals surface area contributed by atoms with Crippen LogP contribution in [0.3, 0.4) is 0 Å². The molecular formula is C15H20F3N3O2. The van der Waals surface area contributed by atoms with Crippen molar-refractivity contribution >= 4 is 17.8 Å². The molecule has 128 valence electrons. The molecule has 0 aliphatic rings. The number of hydrogen-bond donors (Lipinski definition) is 2. The summed E-state index contributed by atoms with van der Waals surface area (Å²) in [6, 6.07) is 3.87. The van der Waals surface area contributed by atoms with Crippen LogP contribution in [0.4, 0.5) is 18.9 Å². The molecule has 0 unspecified atom stereocenters. The van der Waals surface area contributed by atoms with Gasteiger partial charge in [-0.15, -0.1) is 0 Å². The number of nitrogens with zero attached hydrogens (tertiary/aromatic N) is 1. The molecule has 0 saturated heterocycles. The maximum absolute atomic E-state index is 13.3. The highest BCUT2D eigenvalue weighted by molar-refractivity contribution is 6.02. The summed E-state index contributed by atoms with van der Waals surface area (Å²) in [6.07, 6.45) is -2.50. The number of unbranched alkanes of at least 4 members (excludes halogenated alkanes) is 1. The number of alkyl halides is 3. The van der Waals surface area contributed by atoms with E-state index in [0.29, 0.717) is 13.0 Å². The van der Waals surface area contributed by atoms with E-state index in [-0.39, 0.29) is 23.6 Å². The summed E-state index contributed by atoms with van der Waals surface area (Å²) in [5.74, 6) is 0. The third kappa shape index (κ3) is 5.90. The molecule has 0 atom stereocenters. The van der Waals surface area contributed by atoms with E-state index in [0.717, 1.165) is 18.9 Å². The van der Waals surface area contributed by atoms with Gasteiger partial charge in [0.1, 0.15) is 0 Å². The van der Waals surface area contributed by atoms with E-state index in [2.05, 4.69) is 15.8 Å². The van der Waals surface area contributed by atoms with E-state index in [9.17, 15) is 18.0 Å². The van der Waals surface area contributed by atoms with E-state index >= 15 is 0 Å². The molecule has 23 heavy (non-hydrogen) atoms. The minimum absolute atomic E-state index is 0.0230. The number of hydrogen-bond acceptors (Lipinski definition) is 4. The molecule has 0 radical (unpaired) electrons. The zero-order chi connectivity index (χ0) is 17.3. The fourth-order valence-corrected chi connectivity index (χ4v) is 1.93. The zero-order valence-corrected chi connectivity index (χ0v) is 13.0. The van der Waals surface area contributed by atoms with Crippen LogP contribution >= 0.6 is 0 Å². The number of ether oxygens (including phenoxy) is 1. The van der Waals surface area contributed by atoms with Crippen LogP contribution in [0, 0.1) is 0 Å². The Hall–Kier alpha value is -2.09. The minimum atomic E-state index is -4.50. The number of rotatable bonds is 9. The third-order valence-electron chi connectivity index (χ3n) is 3.04. The predicted molar refractivity (Wildman–Crippen MR) is 82.5 cm³/mol. The van der Waals surface area contributed by atoms with Crippen LogP contribution < -0.4 is 10.7 Å². The molecule has 1 rings (SSSR count). The lowest BCUT2D eigenvalue weighted by atomic mass is 10.0. The molecule has 1 amide bonds. The second-order valence-electron chi connectivity index (χ2n) is 4.78. The highest BCUT2D eigenvalue weighted by Crippen LogP contribution is 2.35. The van der Waals surface area contributed by atoms with E-state index < -0.39 is 11.7 Å². The summed E-state index contributed by atoms with van der Waals surface area (Å²) in [6.45, 7) is 2.40. The van der Waals surface area contributed by atoms with Gasteiger partial charge in [0.2, 0.25) is 6.41 Å². The third-order valence-corrected chi connectivity index (χ3v) is 3.04. The smallest absolute Gasteiger partial charge is 0.385 e. The molecule has 0 spiro atoms. The quantitative estimate of drug-likeness (QED) is 0.316. The van der Waals surface area contributed by atoms with Crippen LogP contribution in [0.5, 0.6) is 0 Å². The summed E-state index contributed by atoms with van der Waals surface area (Å²) < 4.78 is 44.7. The van der Waals surface area contributed by atoms with Gasteiger partial charge >= 0.3 is 6.18 Å². The lowest BCUT2D eigenvalue weighted by molar-refractivity contribution is -0.137. The fourth-order valence-electron chi connectivity index (χ4n) is 1.93. The first-order chi connectivity index (χ1) is 10.9. The molecule has 1 aromatic rings. The van der Waals surface area contributed by atoms with Gasteiger partial charge in [0.15, 0.2) is 0 Å². The van der Waals surface area contributed by atoms with Gasteiger partial charge < -0.3 is 10.1 Å². The number of methoxy groups -OCH3 is 1. The number of amides is 1. The number of carbonyl (C=O) groups excluding carboxylic acids is 1. The Kier molecular flexibility index (Phi) is 7.53. The van der Waals surface area contributed by atoms with E-state index in [1.165, 1.54) is 19.2 Å². The first kappa shape index (κ1) is 19.0. The van der Waals surface area contributed by atoms with Crippen molar-refractivity contribution in [2.45, 2.75) is 25.9 Å². The first-order valence-corrected chi connectivity index (χ1v) is 7.14. The number of halogens is 3. The maximum Gasteiger partial charge on any atom is 0.418 e. The van der Waals surface area contributed by atoms with Crippen molar-refractivity contribution in [3.63, 3.8) is 0 Å². The van der Waals surface area contributed by atoms with Crippen LogP contribution in [-0.4, -0.2) is 32.4 Å². The molecule has 0 aromatic heterocycles. The number of nitrogens with one attached hydrogen (secondary N) is 2. The Balaban J connectivity index is 3.18. The van der Waals surface area contributed by atoms with Gasteiger partial charge in [-0.1, -0.05) is 19.4 Å². The lowest BCUT2D eigenvalue weighted by Gasteiger charge is -2.16. The largest absolute Gasteiger partial charge is 0.418 e. The second kappa shape index (κ2) is 9.14. The predicted octanol–water partition coefficient (Wildman–Crippen LogP) is 3.01. The Labute approximate surface area is 132 Å². The Morgan fingerprint density at radius 1 is 1.39 bits per heavy atom. The van der Waals surface area contributed by atoms with Crippen molar-refractivity contribution in [2.75, 3.05) is 25.6 Å². The average Bonchev–Trinajstić information content (AvgIpc) is 2.51. The normalized spacial score (nSPS) is 12.1. The van der Waals surface area contributed by atoms with Crippen molar-refractivity contribution in [2.24, 2.45) is 5.10 Å². The maximum atomic E-state index is 13.3. The lowest BCUT2D eigenvalue weighted by Crippen LogP contribution is -2.17. The molecule has 2 N–H and O–H groups in total. The van der Waals surface area contributed by atoms with Gasteiger partial charge in [0.05, 0.1) is 17.9 Å². The molecule has 0 heterocycles. The van der Waals surface area contributed by atoms with Crippen molar-refractivity contribution in [3.8, 4) is 0 Å². The number of carbonyl (C=O) groups is 1. The summed E-state index contributed by atoms with van der Waals surface area (Å²) in [7, 11) is 1.39. The van der Waals surface area contributed by atoms with Crippen LogP contribution in [0.1, 0.15) is 30.9 Å². The number of anilines is 1. The zero-order valence-electron chi connectivity index (χ0n) is 13.0. The van der Waals surface area contributed by atoms with Crippen molar-refractivity contribution in [1.29, 1.82) is 0 Å². The van der Waals surface area contributed by atoms with Gasteiger partial charge in [-0.05, 0) is 18.6 Å². The highest BCUT2D eigenvalue weighted by Gasteiger charge is 2.34. The standard InChI is InChI=1S/C15H20F3N3O2/c1-3-4-7-19-13-6-5-11(8-12(13)15(16,17)18)14(9-23-2)21-20-10-22/h5-6,8,10,19H,3-4,7,9H2,1-2H3,(H,20,22)/b21-14+. The van der Waals surface area contributed by atoms with Gasteiger partial charge in [-0.2, -0.15) is 18.3 Å². The Morgan fingerprint density at radius 3 is 2.70 bits per heavy atom. The molecule has 0 aliphatic heterocycles. The van der Waals surface area contributed by atoms with E-state index in [1.807, 2.05) is 6.92 Å². The molecule has 0 saturated carbocycles. The van der Waals surface area contributed by atoms with Crippen molar-refractivity contribution in [3.05, 3.63) is 29.3 Å². The molecule has 8 heteroatoms. The summed E-state index contributed by atoms with van der Waals surface area (Å²) >= 11 is 0. The van der Waals surface area contributed by atoms with Crippen LogP contribution in [0.2, 0.25) is 0 Å². The monoisotopic (exact) mass is 331 g/mol. The van der Waals surface area contributed by atoms with Crippen molar-refractivity contribution in [1.82, 2.24) is 5.43 Å². The summed E-state index contributed by atoms with van der Waals surface area (Å²) in [4.78, 5) is 10.3. The van der Waals surface area contributed by atoms with Crippen LogP contribution in [0.15, 0.2) is 23.3 Å². The second-order valence-corrected chi connectivity index (χ2v) is 4.78. The molecule has 0 aliphatic carbocycles. The minimum Gasteiger partial charge on any atom is -0.385 e. The molecule has 5 nitrogen and oxygen atoms in total. The first-order valence-electron chi connectivity index (χ1n) is 7.14. The summed E-state index contributed by atoms with van der Waals surface area (Å²) in [5.41, 5.74) is 1.75. The highest BCUT2D eigenvalue weighted by atomic mass is 19.4. The molecule has 1 aromatic carbocycles. The Morgan fingerprint density at radius 2 is 2.13 bits per heavy atom. The molecule has 0 bridgehead atoms. The van der Waals surface area contributed by atoms with E-state index in [4.69, 9.17) is 4.74 Å². The topological polar surface area (TPSA) is 62.7 Å². The molecule has 0 fully saturated rings. The van der Waals surface area contributed by atoms with Crippen LogP contribution in [-0.2, 0) is 15.7 Å².